The molecule has 0 radical (unpaired) electrons. The molecule has 1 saturated heterocycles. The number of hydrogen-bond acceptors (Lipinski definition) is 3. The third-order valence-corrected chi connectivity index (χ3v) is 4.55. The van der Waals surface area contributed by atoms with E-state index in [4.69, 9.17) is 9.31 Å². The van der Waals surface area contributed by atoms with Crippen molar-refractivity contribution < 1.29 is 14.1 Å². The van der Waals surface area contributed by atoms with Crippen LogP contribution in [0.4, 0.5) is 0 Å². The fraction of sp³-hybridized carbons (Fsp3) is 0.786. The van der Waals surface area contributed by atoms with Crippen LogP contribution in [0.25, 0.3) is 0 Å². The zero-order chi connectivity index (χ0) is 14.4. The lowest BCUT2D eigenvalue weighted by molar-refractivity contribution is -0.130. The standard InChI is InChI=1S/C14H24BNO3/c1-10-9-12(7-8-16(10)11(2)17)15-18-13(3,4)14(5,6)19-15/h9-10H,7-8H2,1-6H3. The first kappa shape index (κ1) is 14.6. The lowest BCUT2D eigenvalue weighted by Crippen LogP contribution is -2.41. The Morgan fingerprint density at radius 1 is 1.32 bits per heavy atom. The molecule has 1 fully saturated rings. The molecule has 0 N–H and O–H groups in total. The number of carbonyl (C=O) groups is 1. The molecule has 1 amide bonds. The molecule has 0 bridgehead atoms. The Morgan fingerprint density at radius 2 is 1.84 bits per heavy atom. The molecule has 0 aromatic carbocycles. The van der Waals surface area contributed by atoms with Crippen LogP contribution in [0.3, 0.4) is 0 Å². The van der Waals surface area contributed by atoms with Gasteiger partial charge in [0.15, 0.2) is 0 Å². The zero-order valence-corrected chi connectivity index (χ0v) is 12.8. The van der Waals surface area contributed by atoms with Crippen molar-refractivity contribution in [3.05, 3.63) is 11.5 Å². The second-order valence-electron chi connectivity index (χ2n) is 6.53. The molecule has 106 valence electrons. The monoisotopic (exact) mass is 265 g/mol. The quantitative estimate of drug-likeness (QED) is 0.682. The summed E-state index contributed by atoms with van der Waals surface area (Å²) in [5.74, 6) is 0.122. The average molecular weight is 265 g/mol. The molecule has 0 aromatic heterocycles. The van der Waals surface area contributed by atoms with E-state index >= 15 is 0 Å². The minimum atomic E-state index is -0.306. The molecule has 2 heterocycles. The lowest BCUT2D eigenvalue weighted by Gasteiger charge is -2.32. The maximum atomic E-state index is 11.5. The van der Waals surface area contributed by atoms with Crippen LogP contribution >= 0.6 is 0 Å². The van der Waals surface area contributed by atoms with Crippen molar-refractivity contribution in [2.24, 2.45) is 0 Å². The summed E-state index contributed by atoms with van der Waals surface area (Å²) in [5.41, 5.74) is 0.544. The van der Waals surface area contributed by atoms with E-state index in [0.717, 1.165) is 18.4 Å². The summed E-state index contributed by atoms with van der Waals surface area (Å²) in [6.07, 6.45) is 2.92. The van der Waals surface area contributed by atoms with Crippen molar-refractivity contribution in [2.75, 3.05) is 6.54 Å². The van der Waals surface area contributed by atoms with Crippen molar-refractivity contribution >= 4 is 13.0 Å². The molecule has 1 unspecified atom stereocenters. The molecular weight excluding hydrogens is 241 g/mol. The maximum absolute atomic E-state index is 11.5. The van der Waals surface area contributed by atoms with Gasteiger partial charge in [-0.2, -0.15) is 0 Å². The van der Waals surface area contributed by atoms with Crippen LogP contribution in [0, 0.1) is 0 Å². The topological polar surface area (TPSA) is 38.8 Å². The van der Waals surface area contributed by atoms with E-state index in [1.165, 1.54) is 0 Å². The van der Waals surface area contributed by atoms with Gasteiger partial charge in [0.2, 0.25) is 5.91 Å². The van der Waals surface area contributed by atoms with Gasteiger partial charge in [-0.3, -0.25) is 4.79 Å². The van der Waals surface area contributed by atoms with Crippen LogP contribution in [0.15, 0.2) is 11.5 Å². The molecule has 19 heavy (non-hydrogen) atoms. The fourth-order valence-corrected chi connectivity index (χ4v) is 2.57. The third-order valence-electron chi connectivity index (χ3n) is 4.55. The van der Waals surface area contributed by atoms with Crippen LogP contribution in [-0.4, -0.2) is 41.7 Å². The predicted octanol–water partition coefficient (Wildman–Crippen LogP) is 2.18. The van der Waals surface area contributed by atoms with Crippen molar-refractivity contribution in [3.63, 3.8) is 0 Å². The van der Waals surface area contributed by atoms with Gasteiger partial charge in [0.25, 0.3) is 0 Å². The molecule has 2 rings (SSSR count). The molecule has 0 spiro atoms. The highest BCUT2D eigenvalue weighted by Crippen LogP contribution is 2.39. The SMILES string of the molecule is CC(=O)N1CCC(B2OC(C)(C)C(C)(C)O2)=CC1C. The third kappa shape index (κ3) is 2.58. The molecule has 5 heteroatoms. The molecular formula is C14H24BNO3. The van der Waals surface area contributed by atoms with Crippen LogP contribution in [0.2, 0.25) is 0 Å². The molecule has 1 atom stereocenters. The maximum Gasteiger partial charge on any atom is 0.490 e. The van der Waals surface area contributed by atoms with E-state index in [2.05, 4.69) is 33.8 Å². The highest BCUT2D eigenvalue weighted by molar-refractivity contribution is 6.54. The summed E-state index contributed by atoms with van der Waals surface area (Å²) in [5, 5.41) is 0. The molecule has 0 aliphatic carbocycles. The highest BCUT2D eigenvalue weighted by Gasteiger charge is 2.52. The Kier molecular flexibility index (Phi) is 3.56. The summed E-state index contributed by atoms with van der Waals surface area (Å²) in [6.45, 7) is 12.6. The summed E-state index contributed by atoms with van der Waals surface area (Å²) >= 11 is 0. The average Bonchev–Trinajstić information content (AvgIpc) is 2.47. The van der Waals surface area contributed by atoms with E-state index in [1.54, 1.807) is 6.92 Å². The number of hydrogen-bond donors (Lipinski definition) is 0. The fourth-order valence-electron chi connectivity index (χ4n) is 2.57. The van der Waals surface area contributed by atoms with Gasteiger partial charge in [-0.15, -0.1) is 0 Å². The first-order chi connectivity index (χ1) is 8.64. The Balaban J connectivity index is 2.14. The normalized spacial score (nSPS) is 29.4. The summed E-state index contributed by atoms with van der Waals surface area (Å²) in [6, 6.07) is 0.111. The molecule has 2 aliphatic heterocycles. The van der Waals surface area contributed by atoms with E-state index in [9.17, 15) is 4.79 Å². The largest absolute Gasteiger partial charge is 0.490 e. The van der Waals surface area contributed by atoms with Gasteiger partial charge in [0, 0.05) is 19.5 Å². The molecule has 4 nitrogen and oxygen atoms in total. The van der Waals surface area contributed by atoms with Gasteiger partial charge in [0.1, 0.15) is 0 Å². The van der Waals surface area contributed by atoms with Crippen LogP contribution in [-0.2, 0) is 14.1 Å². The van der Waals surface area contributed by atoms with Crippen LogP contribution in [0.5, 0.6) is 0 Å². The molecule has 2 aliphatic rings. The number of carbonyl (C=O) groups excluding carboxylic acids is 1. The van der Waals surface area contributed by atoms with Crippen molar-refractivity contribution in [2.45, 2.75) is 65.2 Å². The predicted molar refractivity (Wildman–Crippen MR) is 75.6 cm³/mol. The number of rotatable bonds is 1. The lowest BCUT2D eigenvalue weighted by atomic mass is 9.73. The number of nitrogens with zero attached hydrogens (tertiary/aromatic N) is 1. The zero-order valence-electron chi connectivity index (χ0n) is 12.8. The Hall–Kier alpha value is -0.805. The molecule has 0 aromatic rings. The first-order valence-corrected chi connectivity index (χ1v) is 6.97. The molecule has 0 saturated carbocycles. The van der Waals surface area contributed by atoms with E-state index < -0.39 is 0 Å². The van der Waals surface area contributed by atoms with Crippen molar-refractivity contribution in [1.29, 1.82) is 0 Å². The van der Waals surface area contributed by atoms with Gasteiger partial charge in [0.05, 0.1) is 11.2 Å². The van der Waals surface area contributed by atoms with Crippen molar-refractivity contribution in [3.8, 4) is 0 Å². The van der Waals surface area contributed by atoms with Gasteiger partial charge in [-0.25, -0.2) is 0 Å². The van der Waals surface area contributed by atoms with Crippen LogP contribution < -0.4 is 0 Å². The first-order valence-electron chi connectivity index (χ1n) is 6.97. The van der Waals surface area contributed by atoms with Gasteiger partial charge < -0.3 is 14.2 Å². The van der Waals surface area contributed by atoms with E-state index in [-0.39, 0.29) is 30.3 Å². The Bertz CT molecular complexity index is 401. The Morgan fingerprint density at radius 3 is 2.26 bits per heavy atom. The Labute approximate surface area is 116 Å². The van der Waals surface area contributed by atoms with E-state index in [1.807, 2.05) is 11.8 Å². The minimum absolute atomic E-state index is 0.111. The summed E-state index contributed by atoms with van der Waals surface area (Å²) < 4.78 is 12.1. The van der Waals surface area contributed by atoms with Gasteiger partial charge >= 0.3 is 7.12 Å². The van der Waals surface area contributed by atoms with Gasteiger partial charge in [-0.1, -0.05) is 6.08 Å². The van der Waals surface area contributed by atoms with Gasteiger partial charge in [-0.05, 0) is 46.5 Å². The minimum Gasteiger partial charge on any atom is -0.400 e. The smallest absolute Gasteiger partial charge is 0.400 e. The van der Waals surface area contributed by atoms with Crippen LogP contribution in [0.1, 0.15) is 48.0 Å². The van der Waals surface area contributed by atoms with E-state index in [0.29, 0.717) is 0 Å². The summed E-state index contributed by atoms with van der Waals surface area (Å²) in [4.78, 5) is 13.3. The number of amides is 1. The van der Waals surface area contributed by atoms with Crippen molar-refractivity contribution in [1.82, 2.24) is 4.90 Å². The second-order valence-corrected chi connectivity index (χ2v) is 6.53. The second kappa shape index (κ2) is 4.63. The highest BCUT2D eigenvalue weighted by atomic mass is 16.7. The summed E-state index contributed by atoms with van der Waals surface area (Å²) in [7, 11) is -0.276.